The van der Waals surface area contributed by atoms with Crippen molar-refractivity contribution in [3.8, 4) is 5.75 Å². The predicted octanol–water partition coefficient (Wildman–Crippen LogP) is 5.83. The van der Waals surface area contributed by atoms with Crippen LogP contribution in [0.3, 0.4) is 0 Å². The molecule has 112 valence electrons. The summed E-state index contributed by atoms with van der Waals surface area (Å²) in [5.74, 6) is 1.72. The second-order valence-corrected chi connectivity index (χ2v) is 6.38. The number of hydrogen-bond donors (Lipinski definition) is 0. The molecule has 22 heavy (non-hydrogen) atoms. The molecule has 0 saturated heterocycles. The lowest BCUT2D eigenvalue weighted by molar-refractivity contribution is 0.344. The van der Waals surface area contributed by atoms with Crippen molar-refractivity contribution in [1.29, 1.82) is 0 Å². The Hall–Kier alpha value is -2.02. The maximum atomic E-state index is 6.03. The van der Waals surface area contributed by atoms with Gasteiger partial charge >= 0.3 is 0 Å². The van der Waals surface area contributed by atoms with Gasteiger partial charge in [-0.25, -0.2) is 0 Å². The van der Waals surface area contributed by atoms with Crippen LogP contribution in [0.4, 0.5) is 0 Å². The first kappa shape index (κ1) is 13.6. The predicted molar refractivity (Wildman–Crippen MR) is 94.0 cm³/mol. The summed E-state index contributed by atoms with van der Waals surface area (Å²) in [6, 6.07) is 15.5. The summed E-state index contributed by atoms with van der Waals surface area (Å²) in [6.45, 7) is 5.14. The lowest BCUT2D eigenvalue weighted by atomic mass is 9.80. The van der Waals surface area contributed by atoms with Gasteiger partial charge in [0.1, 0.15) is 5.75 Å². The number of rotatable bonds is 2. The average Bonchev–Trinajstić information content (AvgIpc) is 2.55. The van der Waals surface area contributed by atoms with Crippen LogP contribution in [0.1, 0.15) is 43.7 Å². The van der Waals surface area contributed by atoms with Crippen molar-refractivity contribution < 1.29 is 4.74 Å². The van der Waals surface area contributed by atoms with Crippen LogP contribution in [0.2, 0.25) is 0 Å². The van der Waals surface area contributed by atoms with Crippen molar-refractivity contribution in [2.45, 2.75) is 39.0 Å². The summed E-state index contributed by atoms with van der Waals surface area (Å²) in [7, 11) is 0. The second kappa shape index (κ2) is 5.31. The van der Waals surface area contributed by atoms with Gasteiger partial charge in [-0.15, -0.1) is 0 Å². The van der Waals surface area contributed by atoms with Gasteiger partial charge in [0.25, 0.3) is 0 Å². The Bertz CT molecular complexity index is 847. The molecule has 4 rings (SSSR count). The largest absolute Gasteiger partial charge is 0.493 e. The molecule has 1 nitrogen and oxygen atoms in total. The molecule has 1 unspecified atom stereocenters. The van der Waals surface area contributed by atoms with E-state index < -0.39 is 0 Å². The minimum atomic E-state index is 0.661. The van der Waals surface area contributed by atoms with E-state index in [9.17, 15) is 0 Å². The van der Waals surface area contributed by atoms with Crippen LogP contribution < -0.4 is 4.74 Å². The van der Waals surface area contributed by atoms with Gasteiger partial charge in [-0.05, 0) is 65.5 Å². The lowest BCUT2D eigenvalue weighted by Crippen LogP contribution is -2.08. The molecule has 1 aliphatic rings. The standard InChI is InChI=1S/C21H22O/c1-3-22-20-13-15-8-4-5-9-17(15)19-12-11-16-14(2)7-6-10-18(16)21(19)20/h4-5,8-9,11-14H,3,6-7,10H2,1-2H3. The van der Waals surface area contributed by atoms with Gasteiger partial charge in [-0.2, -0.15) is 0 Å². The summed E-state index contributed by atoms with van der Waals surface area (Å²) >= 11 is 0. The van der Waals surface area contributed by atoms with Crippen LogP contribution >= 0.6 is 0 Å². The minimum Gasteiger partial charge on any atom is -0.493 e. The molecule has 0 amide bonds. The Morgan fingerprint density at radius 3 is 2.82 bits per heavy atom. The molecule has 0 aliphatic heterocycles. The van der Waals surface area contributed by atoms with E-state index in [1.807, 2.05) is 0 Å². The number of fused-ring (bicyclic) bond motifs is 5. The fraction of sp³-hybridized carbons (Fsp3) is 0.333. The summed E-state index contributed by atoms with van der Waals surface area (Å²) in [4.78, 5) is 0. The van der Waals surface area contributed by atoms with E-state index in [2.05, 4.69) is 56.3 Å². The van der Waals surface area contributed by atoms with Gasteiger partial charge in [-0.1, -0.05) is 43.3 Å². The van der Waals surface area contributed by atoms with E-state index in [4.69, 9.17) is 4.74 Å². The van der Waals surface area contributed by atoms with E-state index in [0.29, 0.717) is 12.5 Å². The number of ether oxygens (including phenoxy) is 1. The maximum Gasteiger partial charge on any atom is 0.128 e. The monoisotopic (exact) mass is 290 g/mol. The third-order valence-electron chi connectivity index (χ3n) is 5.03. The zero-order valence-corrected chi connectivity index (χ0v) is 13.4. The van der Waals surface area contributed by atoms with E-state index in [0.717, 1.165) is 5.75 Å². The highest BCUT2D eigenvalue weighted by molar-refractivity contribution is 6.11. The molecule has 0 N–H and O–H groups in total. The quantitative estimate of drug-likeness (QED) is 0.539. The molecule has 1 heteroatoms. The molecule has 0 spiro atoms. The second-order valence-electron chi connectivity index (χ2n) is 6.38. The van der Waals surface area contributed by atoms with Crippen molar-refractivity contribution in [3.63, 3.8) is 0 Å². The Balaban J connectivity index is 2.14. The average molecular weight is 290 g/mol. The van der Waals surface area contributed by atoms with Crippen molar-refractivity contribution in [3.05, 3.63) is 53.6 Å². The summed E-state index contributed by atoms with van der Waals surface area (Å²) in [6.07, 6.45) is 3.76. The smallest absolute Gasteiger partial charge is 0.128 e. The maximum absolute atomic E-state index is 6.03. The van der Waals surface area contributed by atoms with Gasteiger partial charge < -0.3 is 4.74 Å². The molecular formula is C21H22O. The first-order valence-corrected chi connectivity index (χ1v) is 8.39. The van der Waals surface area contributed by atoms with Crippen molar-refractivity contribution in [2.75, 3.05) is 6.61 Å². The number of benzene rings is 3. The Morgan fingerprint density at radius 2 is 1.95 bits per heavy atom. The van der Waals surface area contributed by atoms with Gasteiger partial charge in [0, 0.05) is 5.39 Å². The molecular weight excluding hydrogens is 268 g/mol. The molecule has 3 aromatic rings. The van der Waals surface area contributed by atoms with Gasteiger partial charge in [0.15, 0.2) is 0 Å². The van der Waals surface area contributed by atoms with Crippen LogP contribution in [-0.2, 0) is 6.42 Å². The van der Waals surface area contributed by atoms with Crippen LogP contribution in [0.5, 0.6) is 5.75 Å². The Labute approximate surface area is 131 Å². The van der Waals surface area contributed by atoms with Gasteiger partial charge in [0.2, 0.25) is 0 Å². The fourth-order valence-corrected chi connectivity index (χ4v) is 3.99. The first-order chi connectivity index (χ1) is 10.8. The van der Waals surface area contributed by atoms with Crippen LogP contribution in [0, 0.1) is 0 Å². The fourth-order valence-electron chi connectivity index (χ4n) is 3.99. The van der Waals surface area contributed by atoms with Crippen LogP contribution in [0.15, 0.2) is 42.5 Å². The van der Waals surface area contributed by atoms with E-state index >= 15 is 0 Å². The SMILES string of the molecule is CCOc1cc2ccccc2c2ccc3c(c12)CCCC3C. The Kier molecular flexibility index (Phi) is 3.29. The zero-order chi connectivity index (χ0) is 15.1. The molecule has 0 bridgehead atoms. The summed E-state index contributed by atoms with van der Waals surface area (Å²) in [5.41, 5.74) is 3.04. The highest BCUT2D eigenvalue weighted by Gasteiger charge is 2.21. The Morgan fingerprint density at radius 1 is 1.09 bits per heavy atom. The third kappa shape index (κ3) is 1.99. The molecule has 0 fully saturated rings. The molecule has 1 atom stereocenters. The van der Waals surface area contributed by atoms with Crippen LogP contribution in [-0.4, -0.2) is 6.61 Å². The first-order valence-electron chi connectivity index (χ1n) is 8.39. The van der Waals surface area contributed by atoms with Gasteiger partial charge in [-0.3, -0.25) is 0 Å². The molecule has 1 aliphatic carbocycles. The molecule has 3 aromatic carbocycles. The van der Waals surface area contributed by atoms with Gasteiger partial charge in [0.05, 0.1) is 6.61 Å². The number of hydrogen-bond acceptors (Lipinski definition) is 1. The highest BCUT2D eigenvalue weighted by Crippen LogP contribution is 2.42. The molecule has 0 heterocycles. The van der Waals surface area contributed by atoms with Crippen molar-refractivity contribution in [1.82, 2.24) is 0 Å². The molecule has 0 radical (unpaired) electrons. The summed E-state index contributed by atoms with van der Waals surface area (Å²) < 4.78 is 6.03. The number of aryl methyl sites for hydroxylation is 1. The zero-order valence-electron chi connectivity index (χ0n) is 13.4. The minimum absolute atomic E-state index is 0.661. The van der Waals surface area contributed by atoms with E-state index in [1.54, 1.807) is 0 Å². The van der Waals surface area contributed by atoms with Crippen molar-refractivity contribution >= 4 is 21.5 Å². The summed E-state index contributed by atoms with van der Waals surface area (Å²) in [5, 5.41) is 5.29. The van der Waals surface area contributed by atoms with E-state index in [-0.39, 0.29) is 0 Å². The van der Waals surface area contributed by atoms with Crippen LogP contribution in [0.25, 0.3) is 21.5 Å². The molecule has 0 saturated carbocycles. The normalized spacial score (nSPS) is 17.6. The topological polar surface area (TPSA) is 9.23 Å². The highest BCUT2D eigenvalue weighted by atomic mass is 16.5. The van der Waals surface area contributed by atoms with Crippen molar-refractivity contribution in [2.24, 2.45) is 0 Å². The lowest BCUT2D eigenvalue weighted by Gasteiger charge is -2.25. The van der Waals surface area contributed by atoms with E-state index in [1.165, 1.54) is 51.9 Å². The third-order valence-corrected chi connectivity index (χ3v) is 5.03. The molecule has 0 aromatic heterocycles.